The summed E-state index contributed by atoms with van der Waals surface area (Å²) in [6.07, 6.45) is 4.35. The molecule has 2 atom stereocenters. The predicted octanol–water partition coefficient (Wildman–Crippen LogP) is 3.81. The molecule has 1 aromatic rings. The first-order valence-electron chi connectivity index (χ1n) is 7.23. The van der Waals surface area contributed by atoms with Crippen LogP contribution in [-0.4, -0.2) is 12.1 Å². The van der Waals surface area contributed by atoms with Gasteiger partial charge in [-0.25, -0.2) is 4.39 Å². The Balaban J connectivity index is 2.07. The summed E-state index contributed by atoms with van der Waals surface area (Å²) < 4.78 is 20.0. The van der Waals surface area contributed by atoms with Crippen molar-refractivity contribution >= 4 is 0 Å². The van der Waals surface area contributed by atoms with Gasteiger partial charge >= 0.3 is 0 Å². The van der Waals surface area contributed by atoms with Crippen molar-refractivity contribution in [3.8, 4) is 0 Å². The summed E-state index contributed by atoms with van der Waals surface area (Å²) in [5, 5.41) is 0. The quantitative estimate of drug-likeness (QED) is 0.898. The molecule has 1 aliphatic rings. The van der Waals surface area contributed by atoms with Crippen molar-refractivity contribution in [2.45, 2.75) is 57.8 Å². The first-order chi connectivity index (χ1) is 9.08. The summed E-state index contributed by atoms with van der Waals surface area (Å²) in [7, 11) is 0. The van der Waals surface area contributed by atoms with Crippen molar-refractivity contribution in [1.82, 2.24) is 0 Å². The van der Waals surface area contributed by atoms with E-state index in [4.69, 9.17) is 10.5 Å². The monoisotopic (exact) mass is 265 g/mol. The van der Waals surface area contributed by atoms with Gasteiger partial charge in [0.1, 0.15) is 11.9 Å². The summed E-state index contributed by atoms with van der Waals surface area (Å²) in [4.78, 5) is 0. The van der Waals surface area contributed by atoms with Crippen LogP contribution in [-0.2, 0) is 4.74 Å². The average molecular weight is 265 g/mol. The highest BCUT2D eigenvalue weighted by atomic mass is 19.1. The molecule has 2 N–H and O–H groups in total. The Bertz CT molecular complexity index is 399. The number of halogens is 1. The standard InChI is InChI=1S/C16H24FNO/c1-11-7-9-13(10-8-11)19-16(12(2)18)14-5-3-4-6-15(14)17/h3-6,11-13,16H,7-10,18H2,1-2H3. The second kappa shape index (κ2) is 6.49. The van der Waals surface area contributed by atoms with Crippen LogP contribution in [0.4, 0.5) is 4.39 Å². The van der Waals surface area contributed by atoms with E-state index in [1.54, 1.807) is 12.1 Å². The molecule has 1 saturated carbocycles. The van der Waals surface area contributed by atoms with Gasteiger partial charge in [-0.2, -0.15) is 0 Å². The highest BCUT2D eigenvalue weighted by molar-refractivity contribution is 5.21. The van der Waals surface area contributed by atoms with Gasteiger partial charge in [-0.15, -0.1) is 0 Å². The maximum Gasteiger partial charge on any atom is 0.129 e. The van der Waals surface area contributed by atoms with E-state index >= 15 is 0 Å². The number of nitrogens with two attached hydrogens (primary N) is 1. The predicted molar refractivity (Wildman–Crippen MR) is 75.3 cm³/mol. The first kappa shape index (κ1) is 14.5. The van der Waals surface area contributed by atoms with E-state index in [1.165, 1.54) is 18.9 Å². The molecule has 0 amide bonds. The minimum Gasteiger partial charge on any atom is -0.369 e. The van der Waals surface area contributed by atoms with Gasteiger partial charge in [-0.05, 0) is 44.6 Å². The lowest BCUT2D eigenvalue weighted by atomic mass is 9.88. The molecule has 0 radical (unpaired) electrons. The Kier molecular flexibility index (Phi) is 4.94. The van der Waals surface area contributed by atoms with Gasteiger partial charge in [0, 0.05) is 11.6 Å². The Morgan fingerprint density at radius 2 is 1.84 bits per heavy atom. The third-order valence-electron chi connectivity index (χ3n) is 3.99. The maximum atomic E-state index is 13.9. The number of rotatable bonds is 4. The van der Waals surface area contributed by atoms with Gasteiger partial charge in [-0.3, -0.25) is 0 Å². The van der Waals surface area contributed by atoms with Crippen LogP contribution in [0.3, 0.4) is 0 Å². The lowest BCUT2D eigenvalue weighted by molar-refractivity contribution is -0.0473. The van der Waals surface area contributed by atoms with E-state index in [9.17, 15) is 4.39 Å². The van der Waals surface area contributed by atoms with Crippen LogP contribution < -0.4 is 5.73 Å². The number of benzene rings is 1. The van der Waals surface area contributed by atoms with E-state index < -0.39 is 0 Å². The lowest BCUT2D eigenvalue weighted by Crippen LogP contribution is -2.32. The van der Waals surface area contributed by atoms with Crippen LogP contribution in [0, 0.1) is 11.7 Å². The molecule has 0 bridgehead atoms. The topological polar surface area (TPSA) is 35.2 Å². The third-order valence-corrected chi connectivity index (χ3v) is 3.99. The second-order valence-electron chi connectivity index (χ2n) is 5.82. The molecule has 0 aliphatic heterocycles. The molecule has 1 aromatic carbocycles. The minimum atomic E-state index is -0.348. The molecular formula is C16H24FNO. The van der Waals surface area contributed by atoms with Crippen LogP contribution in [0.5, 0.6) is 0 Å². The van der Waals surface area contributed by atoms with E-state index in [0.29, 0.717) is 5.56 Å². The zero-order valence-electron chi connectivity index (χ0n) is 11.8. The fourth-order valence-corrected chi connectivity index (χ4v) is 2.76. The number of ether oxygens (including phenoxy) is 1. The zero-order valence-corrected chi connectivity index (χ0v) is 11.8. The molecule has 106 valence electrons. The van der Waals surface area contributed by atoms with Gasteiger partial charge in [0.2, 0.25) is 0 Å². The Labute approximate surface area is 115 Å². The van der Waals surface area contributed by atoms with Crippen LogP contribution in [0.2, 0.25) is 0 Å². The van der Waals surface area contributed by atoms with Crippen LogP contribution in [0.25, 0.3) is 0 Å². The molecule has 2 unspecified atom stereocenters. The summed E-state index contributed by atoms with van der Waals surface area (Å²) >= 11 is 0. The molecule has 1 fully saturated rings. The number of hydrogen-bond donors (Lipinski definition) is 1. The summed E-state index contributed by atoms with van der Waals surface area (Å²) in [5.74, 6) is 0.552. The Morgan fingerprint density at radius 1 is 1.21 bits per heavy atom. The third kappa shape index (κ3) is 3.77. The molecule has 19 heavy (non-hydrogen) atoms. The SMILES string of the molecule is CC1CCC(OC(c2ccccc2F)C(C)N)CC1. The summed E-state index contributed by atoms with van der Waals surface area (Å²) in [5.41, 5.74) is 6.57. The van der Waals surface area contributed by atoms with Crippen LogP contribution in [0.1, 0.15) is 51.2 Å². The smallest absolute Gasteiger partial charge is 0.129 e. The average Bonchev–Trinajstić information content (AvgIpc) is 2.39. The normalized spacial score (nSPS) is 26.9. The van der Waals surface area contributed by atoms with Crippen molar-refractivity contribution in [2.75, 3.05) is 0 Å². The summed E-state index contributed by atoms with van der Waals surface area (Å²) in [6, 6.07) is 6.56. The molecule has 0 saturated heterocycles. The van der Waals surface area contributed by atoms with Crippen molar-refractivity contribution in [3.63, 3.8) is 0 Å². The van der Waals surface area contributed by atoms with E-state index in [2.05, 4.69) is 6.92 Å². The molecule has 1 aliphatic carbocycles. The van der Waals surface area contributed by atoms with Gasteiger partial charge in [0.05, 0.1) is 6.10 Å². The fourth-order valence-electron chi connectivity index (χ4n) is 2.76. The van der Waals surface area contributed by atoms with Gasteiger partial charge in [0.25, 0.3) is 0 Å². The number of hydrogen-bond acceptors (Lipinski definition) is 2. The lowest BCUT2D eigenvalue weighted by Gasteiger charge is -2.32. The van der Waals surface area contributed by atoms with E-state index in [1.807, 2.05) is 13.0 Å². The highest BCUT2D eigenvalue weighted by Gasteiger charge is 2.26. The minimum absolute atomic E-state index is 0.212. The zero-order chi connectivity index (χ0) is 13.8. The van der Waals surface area contributed by atoms with Crippen molar-refractivity contribution in [1.29, 1.82) is 0 Å². The Hall–Kier alpha value is -0.930. The fraction of sp³-hybridized carbons (Fsp3) is 0.625. The van der Waals surface area contributed by atoms with Crippen molar-refractivity contribution < 1.29 is 9.13 Å². The molecule has 3 heteroatoms. The van der Waals surface area contributed by atoms with Gasteiger partial charge < -0.3 is 10.5 Å². The molecule has 2 nitrogen and oxygen atoms in total. The first-order valence-corrected chi connectivity index (χ1v) is 7.23. The Morgan fingerprint density at radius 3 is 2.42 bits per heavy atom. The van der Waals surface area contributed by atoms with Crippen LogP contribution >= 0.6 is 0 Å². The molecule has 2 rings (SSSR count). The maximum absolute atomic E-state index is 13.9. The van der Waals surface area contributed by atoms with E-state index in [0.717, 1.165) is 18.8 Å². The van der Waals surface area contributed by atoms with Crippen molar-refractivity contribution in [2.24, 2.45) is 11.7 Å². The van der Waals surface area contributed by atoms with Gasteiger partial charge in [0.15, 0.2) is 0 Å². The highest BCUT2D eigenvalue weighted by Crippen LogP contribution is 2.31. The molecular weight excluding hydrogens is 241 g/mol. The van der Waals surface area contributed by atoms with Gasteiger partial charge in [-0.1, -0.05) is 25.1 Å². The van der Waals surface area contributed by atoms with E-state index in [-0.39, 0.29) is 24.1 Å². The second-order valence-corrected chi connectivity index (χ2v) is 5.82. The molecule has 0 heterocycles. The van der Waals surface area contributed by atoms with Crippen LogP contribution in [0.15, 0.2) is 24.3 Å². The van der Waals surface area contributed by atoms with Crippen molar-refractivity contribution in [3.05, 3.63) is 35.6 Å². The molecule has 0 spiro atoms. The molecule has 0 aromatic heterocycles. The summed E-state index contributed by atoms with van der Waals surface area (Å²) in [6.45, 7) is 4.15. The largest absolute Gasteiger partial charge is 0.369 e.